The largest absolute Gasteiger partial charge is 0.411 e. The van der Waals surface area contributed by atoms with Crippen LogP contribution in [-0.2, 0) is 14.3 Å². The average Bonchev–Trinajstić information content (AvgIpc) is 3.35. The minimum Gasteiger partial charge on any atom is -0.411 e. The molecule has 0 aliphatic heterocycles. The molecule has 9 nitrogen and oxygen atoms in total. The molecule has 2 N–H and O–H groups in total. The fraction of sp³-hybridized carbons (Fsp3) is 0.615. The van der Waals surface area contributed by atoms with Crippen LogP contribution in [-0.4, -0.2) is 67.8 Å². The molecule has 0 saturated heterocycles. The number of carbonyl (C=O) groups excluding carboxylic acids is 2. The predicted molar refractivity (Wildman–Crippen MR) is 143 cm³/mol. The molecule has 0 aliphatic rings. The number of nitrogens with zero attached hydrogens (tertiary/aromatic N) is 2. The minimum absolute atomic E-state index is 0.0674. The Labute approximate surface area is 219 Å². The highest BCUT2D eigenvalue weighted by Crippen LogP contribution is 2.22. The van der Waals surface area contributed by atoms with Crippen LogP contribution in [0.2, 0.25) is 0 Å². The highest BCUT2D eigenvalue weighted by Gasteiger charge is 2.11. The lowest BCUT2D eigenvalue weighted by Gasteiger charge is -2.13. The van der Waals surface area contributed by atoms with Crippen LogP contribution >= 0.6 is 11.8 Å². The third-order valence-electron chi connectivity index (χ3n) is 4.86. The van der Waals surface area contributed by atoms with Crippen molar-refractivity contribution in [3.63, 3.8) is 0 Å². The number of hydrogen-bond donors (Lipinski definition) is 2. The van der Waals surface area contributed by atoms with Crippen LogP contribution in [0.15, 0.2) is 33.9 Å². The summed E-state index contributed by atoms with van der Waals surface area (Å²) in [6.07, 6.45) is 3.46. The zero-order valence-electron chi connectivity index (χ0n) is 22.5. The number of nitrogens with one attached hydrogen (secondary N) is 2. The van der Waals surface area contributed by atoms with Crippen molar-refractivity contribution < 1.29 is 23.5 Å². The summed E-state index contributed by atoms with van der Waals surface area (Å²) in [5, 5.41) is 14.1. The fourth-order valence-corrected chi connectivity index (χ4v) is 3.66. The van der Waals surface area contributed by atoms with E-state index in [0.717, 1.165) is 12.0 Å². The molecule has 202 valence electrons. The summed E-state index contributed by atoms with van der Waals surface area (Å²) in [5.41, 5.74) is 1.30. The van der Waals surface area contributed by atoms with Crippen LogP contribution in [0, 0.1) is 11.8 Å². The summed E-state index contributed by atoms with van der Waals surface area (Å²) in [6, 6.07) is 6.97. The Hall–Kier alpha value is -2.43. The lowest BCUT2D eigenvalue weighted by Crippen LogP contribution is -2.29. The molecule has 2 amide bonds. The van der Waals surface area contributed by atoms with Gasteiger partial charge < -0.3 is 24.5 Å². The molecule has 36 heavy (non-hydrogen) atoms. The van der Waals surface area contributed by atoms with Gasteiger partial charge in [0.25, 0.3) is 11.1 Å². The molecule has 2 aromatic rings. The van der Waals surface area contributed by atoms with E-state index < -0.39 is 0 Å². The first-order valence-electron chi connectivity index (χ1n) is 12.6. The summed E-state index contributed by atoms with van der Waals surface area (Å²) in [6.45, 7) is 13.0. The summed E-state index contributed by atoms with van der Waals surface area (Å²) < 4.78 is 16.4. The standard InChI is InChI=1S/C24H36N4O5S.C2H6/c1-17(2)15-18(3)16-21(29)25-9-11-31-13-14-32-12-10-26-22(30)19-5-7-20(8-6-19)23-27-28-24(33-23)34-4;1-2/h5-8,17-18H,9-16H2,1-4H3,(H,25,29)(H,26,30);1-2H3. The van der Waals surface area contributed by atoms with Crippen molar-refractivity contribution in [1.82, 2.24) is 20.8 Å². The quantitative estimate of drug-likeness (QED) is 0.246. The average molecular weight is 523 g/mol. The van der Waals surface area contributed by atoms with Gasteiger partial charge in [0.1, 0.15) is 0 Å². The van der Waals surface area contributed by atoms with Gasteiger partial charge in [-0.15, -0.1) is 10.2 Å². The van der Waals surface area contributed by atoms with E-state index in [4.69, 9.17) is 13.9 Å². The van der Waals surface area contributed by atoms with Gasteiger partial charge in [0.2, 0.25) is 11.8 Å². The van der Waals surface area contributed by atoms with E-state index in [2.05, 4.69) is 41.6 Å². The predicted octanol–water partition coefficient (Wildman–Crippen LogP) is 4.44. The molecule has 1 aromatic heterocycles. The lowest BCUT2D eigenvalue weighted by atomic mass is 9.96. The molecule has 0 radical (unpaired) electrons. The number of amides is 2. The Morgan fingerprint density at radius 2 is 1.56 bits per heavy atom. The molecule has 0 spiro atoms. The molecule has 1 atom stereocenters. The Bertz CT molecular complexity index is 873. The van der Waals surface area contributed by atoms with Crippen LogP contribution in [0.5, 0.6) is 0 Å². The van der Waals surface area contributed by atoms with E-state index in [9.17, 15) is 9.59 Å². The summed E-state index contributed by atoms with van der Waals surface area (Å²) >= 11 is 1.38. The molecular weight excluding hydrogens is 480 g/mol. The first-order valence-corrected chi connectivity index (χ1v) is 13.8. The van der Waals surface area contributed by atoms with Crippen molar-refractivity contribution >= 4 is 23.6 Å². The van der Waals surface area contributed by atoms with Gasteiger partial charge in [0, 0.05) is 30.6 Å². The van der Waals surface area contributed by atoms with Gasteiger partial charge in [-0.1, -0.05) is 46.4 Å². The van der Waals surface area contributed by atoms with Crippen molar-refractivity contribution in [2.45, 2.75) is 52.7 Å². The maximum atomic E-state index is 12.2. The number of aromatic nitrogens is 2. The summed E-state index contributed by atoms with van der Waals surface area (Å²) in [7, 11) is 0. The maximum absolute atomic E-state index is 12.2. The molecule has 2 rings (SSSR count). The third-order valence-corrected chi connectivity index (χ3v) is 5.37. The highest BCUT2D eigenvalue weighted by atomic mass is 32.2. The third kappa shape index (κ3) is 13.0. The van der Waals surface area contributed by atoms with Gasteiger partial charge in [-0.05, 0) is 48.8 Å². The van der Waals surface area contributed by atoms with Gasteiger partial charge in [-0.3, -0.25) is 9.59 Å². The first-order chi connectivity index (χ1) is 17.4. The Morgan fingerprint density at radius 3 is 2.11 bits per heavy atom. The maximum Gasteiger partial charge on any atom is 0.276 e. The topological polar surface area (TPSA) is 116 Å². The zero-order valence-corrected chi connectivity index (χ0v) is 23.3. The molecule has 1 aromatic carbocycles. The van der Waals surface area contributed by atoms with Gasteiger partial charge in [-0.25, -0.2) is 0 Å². The van der Waals surface area contributed by atoms with Crippen LogP contribution in [0.25, 0.3) is 11.5 Å². The second-order valence-corrected chi connectivity index (χ2v) is 9.18. The molecule has 0 bridgehead atoms. The van der Waals surface area contributed by atoms with Gasteiger partial charge in [-0.2, -0.15) is 0 Å². The normalized spacial score (nSPS) is 11.5. The second-order valence-electron chi connectivity index (χ2n) is 8.42. The molecule has 0 fully saturated rings. The number of benzene rings is 1. The molecule has 0 aliphatic carbocycles. The molecule has 1 unspecified atom stereocenters. The number of ether oxygens (including phenoxy) is 2. The van der Waals surface area contributed by atoms with Gasteiger partial charge in [0.15, 0.2) is 0 Å². The number of carbonyl (C=O) groups is 2. The number of hydrogen-bond acceptors (Lipinski definition) is 8. The molecular formula is C26H42N4O5S. The molecule has 10 heteroatoms. The Morgan fingerprint density at radius 1 is 0.944 bits per heavy atom. The van der Waals surface area contributed by atoms with Crippen molar-refractivity contribution in [1.29, 1.82) is 0 Å². The zero-order chi connectivity index (χ0) is 26.8. The van der Waals surface area contributed by atoms with Gasteiger partial charge >= 0.3 is 0 Å². The Balaban J connectivity index is 0.00000316. The van der Waals surface area contributed by atoms with E-state index in [1.807, 2.05) is 20.1 Å². The van der Waals surface area contributed by atoms with Crippen molar-refractivity contribution in [3.05, 3.63) is 29.8 Å². The number of rotatable bonds is 16. The smallest absolute Gasteiger partial charge is 0.276 e. The fourth-order valence-electron chi connectivity index (χ4n) is 3.37. The van der Waals surface area contributed by atoms with Crippen molar-refractivity contribution in [2.24, 2.45) is 11.8 Å². The molecule has 0 saturated carbocycles. The SMILES string of the molecule is CC.CSc1nnc(-c2ccc(C(=O)NCCOCCOCCNC(=O)CC(C)CC(C)C)cc2)o1. The first kappa shape index (κ1) is 31.6. The lowest BCUT2D eigenvalue weighted by molar-refractivity contribution is -0.122. The second kappa shape index (κ2) is 18.8. The number of thioether (sulfide) groups is 1. The van der Waals surface area contributed by atoms with Crippen molar-refractivity contribution in [3.8, 4) is 11.5 Å². The van der Waals surface area contributed by atoms with Crippen LogP contribution in [0.3, 0.4) is 0 Å². The van der Waals surface area contributed by atoms with E-state index in [-0.39, 0.29) is 11.8 Å². The van der Waals surface area contributed by atoms with Crippen molar-refractivity contribution in [2.75, 3.05) is 45.8 Å². The van der Waals surface area contributed by atoms with Gasteiger partial charge in [0.05, 0.1) is 26.4 Å². The van der Waals surface area contributed by atoms with E-state index >= 15 is 0 Å². The minimum atomic E-state index is -0.180. The summed E-state index contributed by atoms with van der Waals surface area (Å²) in [4.78, 5) is 24.1. The highest BCUT2D eigenvalue weighted by molar-refractivity contribution is 7.98. The van der Waals surface area contributed by atoms with E-state index in [0.29, 0.717) is 74.5 Å². The molecule has 1 heterocycles. The van der Waals surface area contributed by atoms with Crippen LogP contribution in [0.1, 0.15) is 57.8 Å². The summed E-state index contributed by atoms with van der Waals surface area (Å²) in [5.74, 6) is 1.30. The van der Waals surface area contributed by atoms with E-state index in [1.54, 1.807) is 24.3 Å². The Kier molecular flexibility index (Phi) is 16.5. The van der Waals surface area contributed by atoms with E-state index in [1.165, 1.54) is 11.8 Å². The van der Waals surface area contributed by atoms with Crippen LogP contribution in [0.4, 0.5) is 0 Å². The van der Waals surface area contributed by atoms with Crippen LogP contribution < -0.4 is 10.6 Å². The monoisotopic (exact) mass is 522 g/mol.